The number of hydrogen-bond acceptors (Lipinski definition) is 6. The van der Waals surface area contributed by atoms with Crippen LogP contribution in [0.1, 0.15) is 12.0 Å². The highest BCUT2D eigenvalue weighted by Gasteiger charge is 2.12. The Morgan fingerprint density at radius 2 is 2.25 bits per heavy atom. The molecule has 0 bridgehead atoms. The SMILES string of the molecule is COc1cc(CSCCC(N)C(=O)O)cc([N+](=O)[O-])c1. The minimum absolute atomic E-state index is 0.0258. The van der Waals surface area contributed by atoms with Gasteiger partial charge in [0.25, 0.3) is 5.69 Å². The summed E-state index contributed by atoms with van der Waals surface area (Å²) in [5.41, 5.74) is 6.11. The lowest BCUT2D eigenvalue weighted by Gasteiger charge is -2.07. The maximum atomic E-state index is 10.8. The van der Waals surface area contributed by atoms with Gasteiger partial charge in [0, 0.05) is 11.8 Å². The number of ether oxygens (including phenoxy) is 1. The molecular weight excluding hydrogens is 284 g/mol. The Balaban J connectivity index is 2.57. The highest BCUT2D eigenvalue weighted by atomic mass is 32.2. The molecule has 20 heavy (non-hydrogen) atoms. The predicted octanol–water partition coefficient (Wildman–Crippen LogP) is 1.64. The average molecular weight is 300 g/mol. The Hall–Kier alpha value is -1.80. The molecule has 1 rings (SSSR count). The number of nitro groups is 1. The molecule has 0 spiro atoms. The molecule has 0 aliphatic rings. The molecule has 3 N–H and O–H groups in total. The molecule has 110 valence electrons. The summed E-state index contributed by atoms with van der Waals surface area (Å²) >= 11 is 1.47. The Morgan fingerprint density at radius 1 is 1.55 bits per heavy atom. The number of non-ortho nitro benzene ring substituents is 1. The molecule has 0 fully saturated rings. The van der Waals surface area contributed by atoms with Gasteiger partial charge in [0.15, 0.2) is 0 Å². The third kappa shape index (κ3) is 5.06. The number of nitro benzene ring substituents is 1. The van der Waals surface area contributed by atoms with Gasteiger partial charge in [-0.15, -0.1) is 0 Å². The van der Waals surface area contributed by atoms with Crippen molar-refractivity contribution in [2.45, 2.75) is 18.2 Å². The van der Waals surface area contributed by atoms with Crippen molar-refractivity contribution in [2.24, 2.45) is 5.73 Å². The molecule has 0 aliphatic heterocycles. The van der Waals surface area contributed by atoms with E-state index in [2.05, 4.69) is 0 Å². The van der Waals surface area contributed by atoms with Crippen molar-refractivity contribution in [1.82, 2.24) is 0 Å². The minimum Gasteiger partial charge on any atom is -0.496 e. The van der Waals surface area contributed by atoms with Crippen LogP contribution < -0.4 is 10.5 Å². The topological polar surface area (TPSA) is 116 Å². The summed E-state index contributed by atoms with van der Waals surface area (Å²) in [5.74, 6) is 0.503. The van der Waals surface area contributed by atoms with Gasteiger partial charge in [0.05, 0.1) is 18.1 Å². The Kier molecular flexibility index (Phi) is 6.26. The fraction of sp³-hybridized carbons (Fsp3) is 0.417. The average Bonchev–Trinajstić information content (AvgIpc) is 2.42. The lowest BCUT2D eigenvalue weighted by atomic mass is 10.2. The van der Waals surface area contributed by atoms with E-state index in [4.69, 9.17) is 15.6 Å². The summed E-state index contributed by atoms with van der Waals surface area (Å²) in [5, 5.41) is 19.4. The standard InChI is InChI=1S/C12H16N2O5S/c1-19-10-5-8(4-9(6-10)14(17)18)7-20-3-2-11(13)12(15)16/h4-6,11H,2-3,7,13H2,1H3,(H,15,16). The summed E-state index contributed by atoms with van der Waals surface area (Å²) in [7, 11) is 1.45. The van der Waals surface area contributed by atoms with Crippen LogP contribution in [-0.2, 0) is 10.5 Å². The molecule has 0 heterocycles. The third-order valence-corrected chi connectivity index (χ3v) is 3.62. The molecular formula is C12H16N2O5S. The zero-order valence-electron chi connectivity index (χ0n) is 10.9. The number of carbonyl (C=O) groups is 1. The molecule has 1 unspecified atom stereocenters. The third-order valence-electron chi connectivity index (χ3n) is 2.56. The number of carboxylic acids is 1. The largest absolute Gasteiger partial charge is 0.496 e. The number of carboxylic acid groups (broad SMARTS) is 1. The van der Waals surface area contributed by atoms with Crippen LogP contribution in [0.4, 0.5) is 5.69 Å². The maximum Gasteiger partial charge on any atom is 0.320 e. The van der Waals surface area contributed by atoms with Crippen LogP contribution in [0, 0.1) is 10.1 Å². The zero-order chi connectivity index (χ0) is 15.1. The normalized spacial score (nSPS) is 11.9. The van der Waals surface area contributed by atoms with Crippen molar-refractivity contribution in [2.75, 3.05) is 12.9 Å². The van der Waals surface area contributed by atoms with E-state index in [0.29, 0.717) is 23.7 Å². The second-order valence-electron chi connectivity index (χ2n) is 4.08. The molecule has 0 saturated heterocycles. The summed E-state index contributed by atoms with van der Waals surface area (Å²) < 4.78 is 5.01. The number of rotatable bonds is 8. The molecule has 0 aromatic heterocycles. The molecule has 1 aromatic carbocycles. The van der Waals surface area contributed by atoms with Crippen molar-refractivity contribution >= 4 is 23.4 Å². The van der Waals surface area contributed by atoms with Crippen LogP contribution >= 0.6 is 11.8 Å². The predicted molar refractivity (Wildman–Crippen MR) is 76.0 cm³/mol. The van der Waals surface area contributed by atoms with Crippen LogP contribution in [0.3, 0.4) is 0 Å². The van der Waals surface area contributed by atoms with Crippen molar-refractivity contribution in [3.8, 4) is 5.75 Å². The molecule has 0 aliphatic carbocycles. The number of nitrogens with zero attached hydrogens (tertiary/aromatic N) is 1. The van der Waals surface area contributed by atoms with E-state index in [1.165, 1.54) is 31.0 Å². The fourth-order valence-electron chi connectivity index (χ4n) is 1.47. The maximum absolute atomic E-state index is 10.8. The van der Waals surface area contributed by atoms with E-state index < -0.39 is 16.9 Å². The van der Waals surface area contributed by atoms with Gasteiger partial charge in [-0.25, -0.2) is 0 Å². The van der Waals surface area contributed by atoms with Gasteiger partial charge in [-0.1, -0.05) is 0 Å². The van der Waals surface area contributed by atoms with Crippen LogP contribution in [-0.4, -0.2) is 34.9 Å². The number of nitrogens with two attached hydrogens (primary N) is 1. The molecule has 1 atom stereocenters. The molecule has 7 nitrogen and oxygen atoms in total. The van der Waals surface area contributed by atoms with E-state index in [1.807, 2.05) is 0 Å². The van der Waals surface area contributed by atoms with Crippen LogP contribution in [0.25, 0.3) is 0 Å². The highest BCUT2D eigenvalue weighted by Crippen LogP contribution is 2.25. The monoisotopic (exact) mass is 300 g/mol. The first-order chi connectivity index (χ1) is 9.43. The summed E-state index contributed by atoms with van der Waals surface area (Å²) in [6.07, 6.45) is 0.353. The lowest BCUT2D eigenvalue weighted by molar-refractivity contribution is -0.385. The quantitative estimate of drug-likeness (QED) is 0.426. The number of methoxy groups -OCH3 is 1. The van der Waals surface area contributed by atoms with E-state index in [9.17, 15) is 14.9 Å². The van der Waals surface area contributed by atoms with Gasteiger partial charge in [0.1, 0.15) is 11.8 Å². The van der Waals surface area contributed by atoms with Gasteiger partial charge < -0.3 is 15.6 Å². The van der Waals surface area contributed by atoms with Gasteiger partial charge in [-0.2, -0.15) is 11.8 Å². The van der Waals surface area contributed by atoms with Gasteiger partial charge in [-0.3, -0.25) is 14.9 Å². The van der Waals surface area contributed by atoms with Crippen molar-refractivity contribution in [3.05, 3.63) is 33.9 Å². The summed E-state index contributed by atoms with van der Waals surface area (Å²) in [4.78, 5) is 20.8. The second-order valence-corrected chi connectivity index (χ2v) is 5.19. The zero-order valence-corrected chi connectivity index (χ0v) is 11.8. The van der Waals surface area contributed by atoms with Crippen LogP contribution in [0.15, 0.2) is 18.2 Å². The smallest absolute Gasteiger partial charge is 0.320 e. The van der Waals surface area contributed by atoms with Gasteiger partial charge in [0.2, 0.25) is 0 Å². The van der Waals surface area contributed by atoms with Gasteiger partial charge >= 0.3 is 5.97 Å². The molecule has 0 amide bonds. The molecule has 1 aromatic rings. The van der Waals surface area contributed by atoms with E-state index in [1.54, 1.807) is 6.07 Å². The minimum atomic E-state index is -1.03. The molecule has 0 saturated carbocycles. The summed E-state index contributed by atoms with van der Waals surface area (Å²) in [6, 6.07) is 3.68. The Labute approximate surface area is 120 Å². The summed E-state index contributed by atoms with van der Waals surface area (Å²) in [6.45, 7) is 0. The van der Waals surface area contributed by atoms with Crippen molar-refractivity contribution in [3.63, 3.8) is 0 Å². The van der Waals surface area contributed by atoms with Crippen molar-refractivity contribution < 1.29 is 19.6 Å². The number of benzene rings is 1. The van der Waals surface area contributed by atoms with E-state index in [-0.39, 0.29) is 5.69 Å². The van der Waals surface area contributed by atoms with Crippen molar-refractivity contribution in [1.29, 1.82) is 0 Å². The number of thioether (sulfide) groups is 1. The lowest BCUT2D eigenvalue weighted by Crippen LogP contribution is -2.30. The second kappa shape index (κ2) is 7.71. The van der Waals surface area contributed by atoms with E-state index in [0.717, 1.165) is 5.56 Å². The first-order valence-electron chi connectivity index (χ1n) is 5.82. The van der Waals surface area contributed by atoms with E-state index >= 15 is 0 Å². The van der Waals surface area contributed by atoms with Crippen LogP contribution in [0.2, 0.25) is 0 Å². The Morgan fingerprint density at radius 3 is 2.80 bits per heavy atom. The molecule has 8 heteroatoms. The fourth-order valence-corrected chi connectivity index (χ4v) is 2.44. The first-order valence-corrected chi connectivity index (χ1v) is 6.98. The molecule has 0 radical (unpaired) electrons. The number of hydrogen-bond donors (Lipinski definition) is 2. The highest BCUT2D eigenvalue weighted by molar-refractivity contribution is 7.98. The number of aliphatic carboxylic acids is 1. The van der Waals surface area contributed by atoms with Crippen LogP contribution in [0.5, 0.6) is 5.75 Å². The Bertz CT molecular complexity index is 495. The van der Waals surface area contributed by atoms with Gasteiger partial charge in [-0.05, 0) is 23.8 Å². The first kappa shape index (κ1) is 16.3.